The second kappa shape index (κ2) is 5.78. The summed E-state index contributed by atoms with van der Waals surface area (Å²) in [6.45, 7) is 1.70. The van der Waals surface area contributed by atoms with Crippen LogP contribution in [0.1, 0.15) is 28.9 Å². The fourth-order valence-corrected chi connectivity index (χ4v) is 2.00. The number of carbonyl (C=O) groups is 1. The van der Waals surface area contributed by atoms with Crippen LogP contribution in [0.3, 0.4) is 0 Å². The number of primary amides is 1. The monoisotopic (exact) mass is 292 g/mol. The van der Waals surface area contributed by atoms with Crippen LogP contribution in [0.25, 0.3) is 0 Å². The Hall–Kier alpha value is -2.63. The number of carbonyl (C=O) groups excluding carboxylic acids is 1. The lowest BCUT2D eigenvalue weighted by Crippen LogP contribution is -2.14. The Balaban J connectivity index is 2.25. The molecular formula is C15H14F2N2O2. The summed E-state index contributed by atoms with van der Waals surface area (Å²) in [5.74, 6) is -2.32. The Morgan fingerprint density at radius 2 is 1.90 bits per heavy atom. The molecule has 4 N–H and O–H groups in total. The van der Waals surface area contributed by atoms with Gasteiger partial charge in [0, 0.05) is 17.3 Å². The normalized spacial score (nSPS) is 12.0. The highest BCUT2D eigenvalue weighted by molar-refractivity contribution is 5.94. The maximum absolute atomic E-state index is 13.7. The van der Waals surface area contributed by atoms with Gasteiger partial charge >= 0.3 is 0 Å². The quantitative estimate of drug-likeness (QED) is 0.811. The second-order valence-corrected chi connectivity index (χ2v) is 4.63. The molecule has 1 atom stereocenters. The molecule has 0 aromatic heterocycles. The Morgan fingerprint density at radius 3 is 2.52 bits per heavy atom. The van der Waals surface area contributed by atoms with E-state index in [1.165, 1.54) is 24.3 Å². The Bertz CT molecular complexity index is 689. The largest absolute Gasteiger partial charge is 0.508 e. The van der Waals surface area contributed by atoms with Gasteiger partial charge in [-0.25, -0.2) is 8.78 Å². The van der Waals surface area contributed by atoms with Crippen LogP contribution >= 0.6 is 0 Å². The van der Waals surface area contributed by atoms with Gasteiger partial charge in [0.15, 0.2) is 0 Å². The number of hydrogen-bond acceptors (Lipinski definition) is 3. The van der Waals surface area contributed by atoms with Crippen molar-refractivity contribution in [1.29, 1.82) is 0 Å². The van der Waals surface area contributed by atoms with Crippen LogP contribution in [-0.4, -0.2) is 11.0 Å². The lowest BCUT2D eigenvalue weighted by Gasteiger charge is -2.17. The lowest BCUT2D eigenvalue weighted by molar-refractivity contribution is 0.0996. The van der Waals surface area contributed by atoms with E-state index in [-0.39, 0.29) is 11.3 Å². The topological polar surface area (TPSA) is 75.3 Å². The van der Waals surface area contributed by atoms with Crippen molar-refractivity contribution in [3.05, 3.63) is 59.2 Å². The summed E-state index contributed by atoms with van der Waals surface area (Å²) in [5, 5.41) is 12.1. The summed E-state index contributed by atoms with van der Waals surface area (Å²) < 4.78 is 27.1. The number of rotatable bonds is 4. The molecule has 2 rings (SSSR count). The fourth-order valence-electron chi connectivity index (χ4n) is 2.00. The number of phenols is 1. The zero-order chi connectivity index (χ0) is 15.6. The molecule has 6 heteroatoms. The first-order valence-electron chi connectivity index (χ1n) is 6.23. The number of hydrogen-bond donors (Lipinski definition) is 3. The summed E-state index contributed by atoms with van der Waals surface area (Å²) in [4.78, 5) is 11.1. The lowest BCUT2D eigenvalue weighted by atomic mass is 10.1. The van der Waals surface area contributed by atoms with Crippen molar-refractivity contribution in [1.82, 2.24) is 0 Å². The van der Waals surface area contributed by atoms with E-state index in [4.69, 9.17) is 5.73 Å². The van der Waals surface area contributed by atoms with Gasteiger partial charge in [-0.1, -0.05) is 6.07 Å². The standard InChI is InChI=1S/C15H14F2N2O2/c1-8(11-4-3-10(20)7-14(11)17)19-9-2-5-13(16)12(6-9)15(18)21/h2-8,19-20H,1H3,(H2,18,21). The van der Waals surface area contributed by atoms with Gasteiger partial charge in [0.05, 0.1) is 11.6 Å². The molecule has 2 aromatic rings. The molecule has 0 saturated heterocycles. The summed E-state index contributed by atoms with van der Waals surface area (Å²) in [7, 11) is 0. The number of halogens is 2. The molecule has 1 unspecified atom stereocenters. The summed E-state index contributed by atoms with van der Waals surface area (Å²) in [6.07, 6.45) is 0. The first-order valence-corrected chi connectivity index (χ1v) is 6.23. The zero-order valence-corrected chi connectivity index (χ0v) is 11.2. The van der Waals surface area contributed by atoms with Crippen LogP contribution in [0.2, 0.25) is 0 Å². The van der Waals surface area contributed by atoms with Crippen LogP contribution in [0, 0.1) is 11.6 Å². The van der Waals surface area contributed by atoms with Gasteiger partial charge in [-0.05, 0) is 31.2 Å². The summed E-state index contributed by atoms with van der Waals surface area (Å²) >= 11 is 0. The van der Waals surface area contributed by atoms with Crippen LogP contribution in [0.4, 0.5) is 14.5 Å². The van der Waals surface area contributed by atoms with Gasteiger partial charge in [-0.15, -0.1) is 0 Å². The van der Waals surface area contributed by atoms with Gasteiger partial charge in [0.1, 0.15) is 17.4 Å². The van der Waals surface area contributed by atoms with E-state index >= 15 is 0 Å². The molecule has 0 aliphatic rings. The highest BCUT2D eigenvalue weighted by atomic mass is 19.1. The van der Waals surface area contributed by atoms with E-state index in [0.29, 0.717) is 11.3 Å². The number of amides is 1. The number of anilines is 1. The van der Waals surface area contributed by atoms with Crippen molar-refractivity contribution >= 4 is 11.6 Å². The molecule has 0 aliphatic heterocycles. The minimum Gasteiger partial charge on any atom is -0.508 e. The van der Waals surface area contributed by atoms with Crippen molar-refractivity contribution in [2.75, 3.05) is 5.32 Å². The summed E-state index contributed by atoms with van der Waals surface area (Å²) in [6, 6.07) is 7.19. The molecule has 1 amide bonds. The maximum atomic E-state index is 13.7. The SMILES string of the molecule is CC(Nc1ccc(F)c(C(N)=O)c1)c1ccc(O)cc1F. The van der Waals surface area contributed by atoms with Crippen molar-refractivity contribution in [2.45, 2.75) is 13.0 Å². The predicted octanol–water partition coefficient (Wildman–Crippen LogP) is 2.94. The number of benzene rings is 2. The van der Waals surface area contributed by atoms with Gasteiger partial charge in [-0.2, -0.15) is 0 Å². The molecule has 2 aromatic carbocycles. The highest BCUT2D eigenvalue weighted by Crippen LogP contribution is 2.25. The number of nitrogens with two attached hydrogens (primary N) is 1. The van der Waals surface area contributed by atoms with Gasteiger partial charge < -0.3 is 16.2 Å². The molecule has 0 heterocycles. The van der Waals surface area contributed by atoms with Crippen LogP contribution < -0.4 is 11.1 Å². The average molecular weight is 292 g/mol. The number of aromatic hydroxyl groups is 1. The third-order valence-electron chi connectivity index (χ3n) is 3.07. The van der Waals surface area contributed by atoms with E-state index in [1.54, 1.807) is 6.92 Å². The molecule has 0 fully saturated rings. The van der Waals surface area contributed by atoms with E-state index in [0.717, 1.165) is 12.1 Å². The molecule has 0 radical (unpaired) electrons. The molecule has 21 heavy (non-hydrogen) atoms. The van der Waals surface area contributed by atoms with E-state index in [9.17, 15) is 18.7 Å². The molecular weight excluding hydrogens is 278 g/mol. The fraction of sp³-hybridized carbons (Fsp3) is 0.133. The van der Waals surface area contributed by atoms with Gasteiger partial charge in [0.2, 0.25) is 0 Å². The zero-order valence-electron chi connectivity index (χ0n) is 11.2. The maximum Gasteiger partial charge on any atom is 0.251 e. The smallest absolute Gasteiger partial charge is 0.251 e. The average Bonchev–Trinajstić information content (AvgIpc) is 2.40. The van der Waals surface area contributed by atoms with Gasteiger partial charge in [0.25, 0.3) is 5.91 Å². The van der Waals surface area contributed by atoms with Gasteiger partial charge in [-0.3, -0.25) is 4.79 Å². The predicted molar refractivity (Wildman–Crippen MR) is 75.0 cm³/mol. The third-order valence-corrected chi connectivity index (χ3v) is 3.07. The van der Waals surface area contributed by atoms with Crippen molar-refractivity contribution in [2.24, 2.45) is 5.73 Å². The molecule has 0 spiro atoms. The van der Waals surface area contributed by atoms with Crippen LogP contribution in [-0.2, 0) is 0 Å². The van der Waals surface area contributed by atoms with E-state index in [2.05, 4.69) is 5.32 Å². The van der Waals surface area contributed by atoms with Crippen molar-refractivity contribution < 1.29 is 18.7 Å². The minimum atomic E-state index is -0.875. The molecule has 110 valence electrons. The molecule has 0 saturated carbocycles. The molecule has 0 aliphatic carbocycles. The third kappa shape index (κ3) is 3.28. The molecule has 0 bridgehead atoms. The second-order valence-electron chi connectivity index (χ2n) is 4.63. The van der Waals surface area contributed by atoms with Crippen molar-refractivity contribution in [3.63, 3.8) is 0 Å². The minimum absolute atomic E-state index is 0.166. The number of nitrogens with one attached hydrogen (secondary N) is 1. The van der Waals surface area contributed by atoms with Crippen LogP contribution in [0.5, 0.6) is 5.75 Å². The van der Waals surface area contributed by atoms with Crippen molar-refractivity contribution in [3.8, 4) is 5.75 Å². The number of phenolic OH excluding ortho intramolecular Hbond substituents is 1. The summed E-state index contributed by atoms with van der Waals surface area (Å²) in [5.41, 5.74) is 5.60. The Morgan fingerprint density at radius 1 is 1.19 bits per heavy atom. The van der Waals surface area contributed by atoms with E-state index in [1.807, 2.05) is 0 Å². The first-order chi connectivity index (χ1) is 9.88. The first kappa shape index (κ1) is 14.8. The van der Waals surface area contributed by atoms with E-state index < -0.39 is 23.6 Å². The van der Waals surface area contributed by atoms with Crippen LogP contribution in [0.15, 0.2) is 36.4 Å². The highest BCUT2D eigenvalue weighted by Gasteiger charge is 2.14. The Kier molecular flexibility index (Phi) is 4.07. The Labute approximate surface area is 120 Å². The molecule has 4 nitrogen and oxygen atoms in total.